The summed E-state index contributed by atoms with van der Waals surface area (Å²) in [5, 5.41) is 3.89. The molecule has 21 heavy (non-hydrogen) atoms. The molecule has 4 nitrogen and oxygen atoms in total. The van der Waals surface area contributed by atoms with Crippen LogP contribution in [-0.4, -0.2) is 10.1 Å². The average Bonchev–Trinajstić information content (AvgIpc) is 2.90. The van der Waals surface area contributed by atoms with Gasteiger partial charge in [0.1, 0.15) is 5.82 Å². The number of nitrogen functional groups attached to an aromatic ring is 1. The quantitative estimate of drug-likeness (QED) is 0.705. The molecule has 1 heterocycles. The van der Waals surface area contributed by atoms with Gasteiger partial charge in [0.15, 0.2) is 0 Å². The van der Waals surface area contributed by atoms with E-state index in [0.29, 0.717) is 28.5 Å². The summed E-state index contributed by atoms with van der Waals surface area (Å²) in [5.74, 6) is 0.288. The van der Waals surface area contributed by atoms with E-state index in [9.17, 15) is 4.39 Å². The third kappa shape index (κ3) is 2.80. The zero-order chi connectivity index (χ0) is 15.0. The first-order chi connectivity index (χ1) is 10.0. The van der Waals surface area contributed by atoms with Gasteiger partial charge in [-0.1, -0.05) is 21.1 Å². The summed E-state index contributed by atoms with van der Waals surface area (Å²) in [6, 6.07) is 9.97. The molecule has 0 saturated carbocycles. The van der Waals surface area contributed by atoms with Crippen molar-refractivity contribution in [3.05, 3.63) is 52.3 Å². The minimum Gasteiger partial charge on any atom is -0.398 e. The van der Waals surface area contributed by atoms with E-state index in [-0.39, 0.29) is 5.82 Å². The highest BCUT2D eigenvalue weighted by Crippen LogP contribution is 2.29. The molecule has 3 rings (SSSR count). The maximum absolute atomic E-state index is 13.4. The Labute approximate surface area is 128 Å². The molecule has 0 fully saturated rings. The lowest BCUT2D eigenvalue weighted by atomic mass is 10.1. The molecule has 1 aromatic heterocycles. The highest BCUT2D eigenvalue weighted by atomic mass is 79.9. The second kappa shape index (κ2) is 5.29. The smallest absolute Gasteiger partial charge is 0.260 e. The van der Waals surface area contributed by atoms with Crippen LogP contribution in [0, 0.1) is 12.7 Å². The van der Waals surface area contributed by atoms with E-state index < -0.39 is 0 Å². The molecule has 0 radical (unpaired) electrons. The van der Waals surface area contributed by atoms with Gasteiger partial charge < -0.3 is 10.3 Å². The van der Waals surface area contributed by atoms with Crippen LogP contribution in [0.2, 0.25) is 0 Å². The molecule has 106 valence electrons. The summed E-state index contributed by atoms with van der Waals surface area (Å²) in [6.07, 6.45) is 0. The Morgan fingerprint density at radius 3 is 2.76 bits per heavy atom. The summed E-state index contributed by atoms with van der Waals surface area (Å²) < 4.78 is 19.5. The van der Waals surface area contributed by atoms with Gasteiger partial charge in [-0.05, 0) is 48.9 Å². The van der Waals surface area contributed by atoms with Crippen molar-refractivity contribution in [1.82, 2.24) is 10.1 Å². The van der Waals surface area contributed by atoms with Crippen LogP contribution >= 0.6 is 15.9 Å². The molecule has 0 saturated heterocycles. The van der Waals surface area contributed by atoms with E-state index in [2.05, 4.69) is 26.1 Å². The van der Waals surface area contributed by atoms with Crippen LogP contribution in [-0.2, 0) is 0 Å². The van der Waals surface area contributed by atoms with Gasteiger partial charge in [0.2, 0.25) is 5.82 Å². The SMILES string of the molecule is Cc1cc(F)cc(-c2noc(-c3cc(Br)ccc3N)n2)c1. The molecule has 0 unspecified atom stereocenters. The van der Waals surface area contributed by atoms with Gasteiger partial charge in [-0.25, -0.2) is 4.39 Å². The fraction of sp³-hybridized carbons (Fsp3) is 0.0667. The zero-order valence-corrected chi connectivity index (χ0v) is 12.7. The van der Waals surface area contributed by atoms with E-state index in [1.165, 1.54) is 12.1 Å². The van der Waals surface area contributed by atoms with E-state index >= 15 is 0 Å². The first-order valence-electron chi connectivity index (χ1n) is 6.19. The Morgan fingerprint density at radius 2 is 2.00 bits per heavy atom. The average molecular weight is 348 g/mol. The Morgan fingerprint density at radius 1 is 1.19 bits per heavy atom. The first kappa shape index (κ1) is 13.8. The van der Waals surface area contributed by atoms with Gasteiger partial charge in [0, 0.05) is 15.7 Å². The maximum Gasteiger partial charge on any atom is 0.260 e. The van der Waals surface area contributed by atoms with Gasteiger partial charge in [0.05, 0.1) is 5.56 Å². The summed E-state index contributed by atoms with van der Waals surface area (Å²) in [6.45, 7) is 1.81. The third-order valence-electron chi connectivity index (χ3n) is 2.97. The van der Waals surface area contributed by atoms with Crippen molar-refractivity contribution in [3.63, 3.8) is 0 Å². The summed E-state index contributed by atoms with van der Waals surface area (Å²) in [7, 11) is 0. The first-order valence-corrected chi connectivity index (χ1v) is 6.99. The van der Waals surface area contributed by atoms with Gasteiger partial charge >= 0.3 is 0 Å². The van der Waals surface area contributed by atoms with Crippen LogP contribution in [0.4, 0.5) is 10.1 Å². The number of halogens is 2. The number of hydrogen-bond donors (Lipinski definition) is 1. The number of aromatic nitrogens is 2. The number of anilines is 1. The van der Waals surface area contributed by atoms with E-state index in [0.717, 1.165) is 10.0 Å². The number of benzene rings is 2. The molecular weight excluding hydrogens is 337 g/mol. The lowest BCUT2D eigenvalue weighted by Gasteiger charge is -2.00. The standard InChI is InChI=1S/C15H11BrFN3O/c1-8-4-9(6-11(17)5-8)14-19-15(21-20-14)12-7-10(16)2-3-13(12)18/h2-7H,18H2,1H3. The topological polar surface area (TPSA) is 64.9 Å². The Balaban J connectivity index is 2.05. The maximum atomic E-state index is 13.4. The van der Waals surface area contributed by atoms with Gasteiger partial charge in [-0.2, -0.15) is 4.98 Å². The zero-order valence-electron chi connectivity index (χ0n) is 11.1. The summed E-state index contributed by atoms with van der Waals surface area (Å²) in [4.78, 5) is 4.29. The van der Waals surface area contributed by atoms with Crippen molar-refractivity contribution in [3.8, 4) is 22.8 Å². The largest absolute Gasteiger partial charge is 0.398 e. The second-order valence-corrected chi connectivity index (χ2v) is 5.59. The fourth-order valence-electron chi connectivity index (χ4n) is 2.03. The summed E-state index contributed by atoms with van der Waals surface area (Å²) >= 11 is 3.37. The van der Waals surface area contributed by atoms with Crippen molar-refractivity contribution in [2.24, 2.45) is 0 Å². The lowest BCUT2D eigenvalue weighted by Crippen LogP contribution is -1.90. The van der Waals surface area contributed by atoms with Crippen molar-refractivity contribution in [1.29, 1.82) is 0 Å². The van der Waals surface area contributed by atoms with Crippen LogP contribution in [0.3, 0.4) is 0 Å². The Hall–Kier alpha value is -2.21. The third-order valence-corrected chi connectivity index (χ3v) is 3.47. The van der Waals surface area contributed by atoms with Gasteiger partial charge in [0.25, 0.3) is 5.89 Å². The van der Waals surface area contributed by atoms with Gasteiger partial charge in [-0.3, -0.25) is 0 Å². The number of rotatable bonds is 2. The second-order valence-electron chi connectivity index (χ2n) is 4.67. The summed E-state index contributed by atoms with van der Waals surface area (Å²) in [5.41, 5.74) is 8.43. The molecule has 3 aromatic rings. The molecule has 0 aliphatic rings. The molecule has 2 aromatic carbocycles. The minimum atomic E-state index is -0.335. The number of aryl methyl sites for hydroxylation is 1. The molecular formula is C15H11BrFN3O. The molecule has 0 aliphatic heterocycles. The van der Waals surface area contributed by atoms with E-state index in [1.54, 1.807) is 25.1 Å². The van der Waals surface area contributed by atoms with E-state index in [1.807, 2.05) is 6.07 Å². The normalized spacial score (nSPS) is 10.8. The van der Waals surface area contributed by atoms with Crippen molar-refractivity contribution >= 4 is 21.6 Å². The monoisotopic (exact) mass is 347 g/mol. The molecule has 2 N–H and O–H groups in total. The predicted molar refractivity (Wildman–Crippen MR) is 82.0 cm³/mol. The molecule has 0 atom stereocenters. The number of hydrogen-bond acceptors (Lipinski definition) is 4. The van der Waals surface area contributed by atoms with Crippen LogP contribution in [0.1, 0.15) is 5.56 Å². The molecule has 6 heteroatoms. The minimum absolute atomic E-state index is 0.297. The number of nitrogens with two attached hydrogens (primary N) is 1. The van der Waals surface area contributed by atoms with Crippen LogP contribution in [0.5, 0.6) is 0 Å². The van der Waals surface area contributed by atoms with Crippen LogP contribution in [0.25, 0.3) is 22.8 Å². The fourth-order valence-corrected chi connectivity index (χ4v) is 2.39. The van der Waals surface area contributed by atoms with Crippen molar-refractivity contribution in [2.45, 2.75) is 6.92 Å². The van der Waals surface area contributed by atoms with Crippen LogP contribution < -0.4 is 5.73 Å². The van der Waals surface area contributed by atoms with Crippen molar-refractivity contribution in [2.75, 3.05) is 5.73 Å². The lowest BCUT2D eigenvalue weighted by molar-refractivity contribution is 0.432. The van der Waals surface area contributed by atoms with E-state index in [4.69, 9.17) is 10.3 Å². The highest BCUT2D eigenvalue weighted by Gasteiger charge is 2.14. The Bertz CT molecular complexity index is 796. The molecule has 0 bridgehead atoms. The molecule has 0 aliphatic carbocycles. The Kier molecular flexibility index (Phi) is 3.47. The van der Waals surface area contributed by atoms with Crippen molar-refractivity contribution < 1.29 is 8.91 Å². The highest BCUT2D eigenvalue weighted by molar-refractivity contribution is 9.10. The number of nitrogens with zero attached hydrogens (tertiary/aromatic N) is 2. The van der Waals surface area contributed by atoms with Gasteiger partial charge in [-0.15, -0.1) is 0 Å². The predicted octanol–water partition coefficient (Wildman–Crippen LogP) is 4.20. The molecule has 0 amide bonds. The molecule has 0 spiro atoms. The van der Waals surface area contributed by atoms with Crippen LogP contribution in [0.15, 0.2) is 45.4 Å².